The Balaban J connectivity index is 1.85. The van der Waals surface area contributed by atoms with Gasteiger partial charge >= 0.3 is 5.97 Å². The molecule has 1 aromatic rings. The van der Waals surface area contributed by atoms with E-state index in [4.69, 9.17) is 0 Å². The second-order valence-corrected chi connectivity index (χ2v) is 5.46. The highest BCUT2D eigenvalue weighted by Crippen LogP contribution is 2.19. The van der Waals surface area contributed by atoms with Crippen LogP contribution in [0.2, 0.25) is 0 Å². The van der Waals surface area contributed by atoms with Gasteiger partial charge in [0.25, 0.3) is 0 Å². The number of benzene rings is 1. The molecule has 1 aromatic carbocycles. The van der Waals surface area contributed by atoms with Crippen LogP contribution >= 0.6 is 0 Å². The first-order valence-electron chi connectivity index (χ1n) is 7.32. The molecule has 5 heteroatoms. The summed E-state index contributed by atoms with van der Waals surface area (Å²) in [7, 11) is 0. The first-order valence-corrected chi connectivity index (χ1v) is 7.32. The first kappa shape index (κ1) is 15.5. The molecule has 0 spiro atoms. The molecule has 0 aromatic heterocycles. The standard InChI is InChI=1S/C16H21NO4/c18-13-9-10-17(14(11-13)16(20)21)15(19)8-4-7-12-5-2-1-3-6-12/h1-3,5-6,13-14,18H,4,7-11H2,(H,20,21)/t13-,14+/m1/s1. The van der Waals surface area contributed by atoms with Crippen molar-refractivity contribution in [3.05, 3.63) is 35.9 Å². The Labute approximate surface area is 124 Å². The van der Waals surface area contributed by atoms with Gasteiger partial charge in [-0.1, -0.05) is 30.3 Å². The second kappa shape index (κ2) is 7.22. The van der Waals surface area contributed by atoms with Gasteiger partial charge in [0.2, 0.25) is 5.91 Å². The molecule has 114 valence electrons. The Hall–Kier alpha value is -1.88. The number of hydrogen-bond donors (Lipinski definition) is 2. The molecule has 21 heavy (non-hydrogen) atoms. The largest absolute Gasteiger partial charge is 0.480 e. The monoisotopic (exact) mass is 291 g/mol. The lowest BCUT2D eigenvalue weighted by molar-refractivity contribution is -0.154. The number of aliphatic carboxylic acids is 1. The van der Waals surface area contributed by atoms with Crippen molar-refractivity contribution in [3.63, 3.8) is 0 Å². The van der Waals surface area contributed by atoms with Gasteiger partial charge in [0, 0.05) is 19.4 Å². The third-order valence-electron chi connectivity index (χ3n) is 3.88. The fourth-order valence-corrected chi connectivity index (χ4v) is 2.71. The molecule has 2 atom stereocenters. The number of carbonyl (C=O) groups excluding carboxylic acids is 1. The van der Waals surface area contributed by atoms with Crippen molar-refractivity contribution < 1.29 is 19.8 Å². The molecule has 2 N–H and O–H groups in total. The molecule has 0 radical (unpaired) electrons. The molecular weight excluding hydrogens is 270 g/mol. The van der Waals surface area contributed by atoms with Crippen LogP contribution in [0.1, 0.15) is 31.2 Å². The number of rotatable bonds is 5. The summed E-state index contributed by atoms with van der Waals surface area (Å²) in [4.78, 5) is 24.8. The van der Waals surface area contributed by atoms with E-state index in [0.717, 1.165) is 6.42 Å². The van der Waals surface area contributed by atoms with E-state index in [0.29, 0.717) is 25.8 Å². The smallest absolute Gasteiger partial charge is 0.326 e. The number of aliphatic hydroxyl groups is 1. The van der Waals surface area contributed by atoms with Crippen molar-refractivity contribution in [2.45, 2.75) is 44.2 Å². The van der Waals surface area contributed by atoms with Crippen molar-refractivity contribution in [1.82, 2.24) is 4.90 Å². The summed E-state index contributed by atoms with van der Waals surface area (Å²) in [6.45, 7) is 0.322. The van der Waals surface area contributed by atoms with Crippen LogP contribution < -0.4 is 0 Å². The minimum absolute atomic E-state index is 0.125. The highest BCUT2D eigenvalue weighted by atomic mass is 16.4. The quantitative estimate of drug-likeness (QED) is 0.860. The number of aryl methyl sites for hydroxylation is 1. The fraction of sp³-hybridized carbons (Fsp3) is 0.500. The third-order valence-corrected chi connectivity index (χ3v) is 3.88. The number of likely N-dealkylation sites (tertiary alicyclic amines) is 1. The molecule has 0 bridgehead atoms. The zero-order valence-electron chi connectivity index (χ0n) is 11.9. The van der Waals surface area contributed by atoms with Gasteiger partial charge in [0.05, 0.1) is 6.10 Å². The summed E-state index contributed by atoms with van der Waals surface area (Å²) >= 11 is 0. The lowest BCUT2D eigenvalue weighted by Gasteiger charge is -2.35. The van der Waals surface area contributed by atoms with E-state index in [2.05, 4.69) is 0 Å². The van der Waals surface area contributed by atoms with Gasteiger partial charge in [0.15, 0.2) is 0 Å². The van der Waals surface area contributed by atoms with Crippen LogP contribution in [0.5, 0.6) is 0 Å². The molecule has 1 aliphatic rings. The lowest BCUT2D eigenvalue weighted by Crippen LogP contribution is -2.51. The molecule has 2 rings (SSSR count). The van der Waals surface area contributed by atoms with Crippen LogP contribution in [-0.2, 0) is 16.0 Å². The van der Waals surface area contributed by atoms with Gasteiger partial charge in [-0.25, -0.2) is 4.79 Å². The normalized spacial score (nSPS) is 22.0. The minimum Gasteiger partial charge on any atom is -0.480 e. The molecular formula is C16H21NO4. The van der Waals surface area contributed by atoms with E-state index in [1.54, 1.807) is 0 Å². The molecule has 1 aliphatic heterocycles. The maximum atomic E-state index is 12.2. The maximum Gasteiger partial charge on any atom is 0.326 e. The second-order valence-electron chi connectivity index (χ2n) is 5.46. The number of carboxylic acids is 1. The topological polar surface area (TPSA) is 77.8 Å². The Morgan fingerprint density at radius 2 is 1.95 bits per heavy atom. The number of piperidine rings is 1. The van der Waals surface area contributed by atoms with Crippen molar-refractivity contribution in [3.8, 4) is 0 Å². The molecule has 1 amide bonds. The number of amides is 1. The van der Waals surface area contributed by atoms with Crippen molar-refractivity contribution in [2.24, 2.45) is 0 Å². The highest BCUT2D eigenvalue weighted by Gasteiger charge is 2.35. The fourth-order valence-electron chi connectivity index (χ4n) is 2.71. The van der Waals surface area contributed by atoms with Crippen molar-refractivity contribution in [2.75, 3.05) is 6.54 Å². The van der Waals surface area contributed by atoms with E-state index in [-0.39, 0.29) is 12.3 Å². The number of aliphatic hydroxyl groups excluding tert-OH is 1. The van der Waals surface area contributed by atoms with Gasteiger partial charge in [-0.15, -0.1) is 0 Å². The van der Waals surface area contributed by atoms with Crippen LogP contribution in [0.4, 0.5) is 0 Å². The zero-order valence-corrected chi connectivity index (χ0v) is 11.9. The summed E-state index contributed by atoms with van der Waals surface area (Å²) in [5.74, 6) is -1.17. The zero-order chi connectivity index (χ0) is 15.2. The maximum absolute atomic E-state index is 12.2. The van der Waals surface area contributed by atoms with Gasteiger partial charge in [0.1, 0.15) is 6.04 Å². The van der Waals surface area contributed by atoms with Crippen LogP contribution in [0.15, 0.2) is 30.3 Å². The van der Waals surface area contributed by atoms with E-state index < -0.39 is 18.1 Å². The number of carboxylic acid groups (broad SMARTS) is 1. The van der Waals surface area contributed by atoms with E-state index in [1.165, 1.54) is 10.5 Å². The van der Waals surface area contributed by atoms with Crippen LogP contribution in [-0.4, -0.2) is 45.7 Å². The Bertz CT molecular complexity index is 488. The van der Waals surface area contributed by atoms with Gasteiger partial charge in [-0.2, -0.15) is 0 Å². The highest BCUT2D eigenvalue weighted by molar-refractivity contribution is 5.83. The minimum atomic E-state index is -1.04. The summed E-state index contributed by atoms with van der Waals surface area (Å²) in [5.41, 5.74) is 1.18. The van der Waals surface area contributed by atoms with Crippen LogP contribution in [0.3, 0.4) is 0 Å². The van der Waals surface area contributed by atoms with Crippen LogP contribution in [0.25, 0.3) is 0 Å². The van der Waals surface area contributed by atoms with Gasteiger partial charge in [-0.05, 0) is 24.8 Å². The Morgan fingerprint density at radius 3 is 2.62 bits per heavy atom. The van der Waals surface area contributed by atoms with E-state index in [9.17, 15) is 19.8 Å². The van der Waals surface area contributed by atoms with Crippen molar-refractivity contribution in [1.29, 1.82) is 0 Å². The predicted molar refractivity (Wildman–Crippen MR) is 77.8 cm³/mol. The molecule has 1 fully saturated rings. The predicted octanol–water partition coefficient (Wildman–Crippen LogP) is 1.45. The van der Waals surface area contributed by atoms with E-state index in [1.807, 2.05) is 30.3 Å². The van der Waals surface area contributed by atoms with Crippen LogP contribution in [0, 0.1) is 0 Å². The van der Waals surface area contributed by atoms with Crippen molar-refractivity contribution >= 4 is 11.9 Å². The van der Waals surface area contributed by atoms with E-state index >= 15 is 0 Å². The molecule has 0 unspecified atom stereocenters. The molecule has 5 nitrogen and oxygen atoms in total. The van der Waals surface area contributed by atoms with Gasteiger partial charge < -0.3 is 15.1 Å². The molecule has 0 aliphatic carbocycles. The lowest BCUT2D eigenvalue weighted by atomic mass is 9.98. The SMILES string of the molecule is O=C(O)[C@@H]1C[C@H](O)CCN1C(=O)CCCc1ccccc1. The first-order chi connectivity index (χ1) is 10.1. The molecule has 1 saturated heterocycles. The third kappa shape index (κ3) is 4.29. The summed E-state index contributed by atoms with van der Waals surface area (Å²) in [6, 6.07) is 9.01. The average Bonchev–Trinajstić information content (AvgIpc) is 2.48. The summed E-state index contributed by atoms with van der Waals surface area (Å²) in [5, 5.41) is 18.7. The molecule has 1 heterocycles. The number of hydrogen-bond acceptors (Lipinski definition) is 3. The Kier molecular flexibility index (Phi) is 5.33. The Morgan fingerprint density at radius 1 is 1.24 bits per heavy atom. The molecule has 0 saturated carbocycles. The van der Waals surface area contributed by atoms with Gasteiger partial charge in [-0.3, -0.25) is 4.79 Å². The summed E-state index contributed by atoms with van der Waals surface area (Å²) < 4.78 is 0. The number of nitrogens with zero attached hydrogens (tertiary/aromatic N) is 1. The average molecular weight is 291 g/mol. The number of carbonyl (C=O) groups is 2. The summed E-state index contributed by atoms with van der Waals surface area (Å²) in [6.07, 6.45) is 1.80.